The Morgan fingerprint density at radius 2 is 2.50 bits per heavy atom. The van der Waals surface area contributed by atoms with Crippen LogP contribution in [0.25, 0.3) is 0 Å². The van der Waals surface area contributed by atoms with E-state index in [2.05, 4.69) is 14.9 Å². The molecule has 2 aliphatic heterocycles. The molecule has 2 aliphatic rings. The molecule has 0 aliphatic carbocycles. The molecular weight excluding hydrogens is 250 g/mol. The number of aromatic nitrogens is 2. The Morgan fingerprint density at radius 1 is 1.56 bits per heavy atom. The zero-order valence-electron chi connectivity index (χ0n) is 10.6. The lowest BCUT2D eigenvalue weighted by atomic mass is 9.81. The number of hydrogen-bond acceptors (Lipinski definition) is 6. The average molecular weight is 269 g/mol. The summed E-state index contributed by atoms with van der Waals surface area (Å²) in [6.45, 7) is 2.42. The van der Waals surface area contributed by atoms with Crippen molar-refractivity contribution in [2.45, 2.75) is 30.9 Å². The smallest absolute Gasteiger partial charge is 0.0940 e. The van der Waals surface area contributed by atoms with Gasteiger partial charge in [-0.25, -0.2) is 0 Å². The van der Waals surface area contributed by atoms with Crippen molar-refractivity contribution >= 4 is 11.5 Å². The standard InChI is InChI=1S/C12H19N3O2S/c1-13-11(10-7-14-15-18-10)9-2-4-17-12(6-9)3-5-16-8-12/h7,9,11,13H,2-6,8H2,1H3. The molecule has 1 spiro atoms. The van der Waals surface area contributed by atoms with E-state index in [0.29, 0.717) is 12.0 Å². The van der Waals surface area contributed by atoms with Crippen LogP contribution in [0.3, 0.4) is 0 Å². The minimum atomic E-state index is -0.0316. The molecule has 1 aromatic rings. The molecule has 3 heterocycles. The van der Waals surface area contributed by atoms with Gasteiger partial charge < -0.3 is 14.8 Å². The number of nitrogens with zero attached hydrogens (tertiary/aromatic N) is 2. The first-order valence-corrected chi connectivity index (χ1v) is 7.26. The van der Waals surface area contributed by atoms with Gasteiger partial charge in [0, 0.05) is 25.7 Å². The second-order valence-electron chi connectivity index (χ2n) is 5.17. The molecule has 6 heteroatoms. The zero-order valence-corrected chi connectivity index (χ0v) is 11.4. The molecule has 3 rings (SSSR count). The second-order valence-corrected chi connectivity index (χ2v) is 5.99. The van der Waals surface area contributed by atoms with Crippen molar-refractivity contribution in [1.29, 1.82) is 0 Å². The van der Waals surface area contributed by atoms with Crippen LogP contribution in [0, 0.1) is 5.92 Å². The number of hydrogen-bond donors (Lipinski definition) is 1. The highest BCUT2D eigenvalue weighted by atomic mass is 32.1. The molecule has 5 nitrogen and oxygen atoms in total. The van der Waals surface area contributed by atoms with Crippen molar-refractivity contribution < 1.29 is 9.47 Å². The Kier molecular flexibility index (Phi) is 3.61. The molecule has 0 radical (unpaired) electrons. The van der Waals surface area contributed by atoms with Gasteiger partial charge in [0.05, 0.1) is 23.3 Å². The molecule has 1 aromatic heterocycles. The third kappa shape index (κ3) is 2.30. The molecule has 0 saturated carbocycles. The van der Waals surface area contributed by atoms with Crippen molar-refractivity contribution in [3.05, 3.63) is 11.1 Å². The summed E-state index contributed by atoms with van der Waals surface area (Å²) >= 11 is 1.48. The minimum absolute atomic E-state index is 0.0316. The van der Waals surface area contributed by atoms with Crippen LogP contribution in [-0.2, 0) is 9.47 Å². The van der Waals surface area contributed by atoms with Gasteiger partial charge in [-0.3, -0.25) is 0 Å². The predicted octanol–water partition coefficient (Wildman–Crippen LogP) is 1.38. The van der Waals surface area contributed by atoms with E-state index in [0.717, 1.165) is 39.1 Å². The first-order valence-electron chi connectivity index (χ1n) is 6.49. The number of rotatable bonds is 3. The summed E-state index contributed by atoms with van der Waals surface area (Å²) in [5.41, 5.74) is -0.0316. The van der Waals surface area contributed by atoms with Gasteiger partial charge in [0.15, 0.2) is 0 Å². The van der Waals surface area contributed by atoms with E-state index >= 15 is 0 Å². The Hall–Kier alpha value is -0.560. The summed E-state index contributed by atoms with van der Waals surface area (Å²) in [5.74, 6) is 0.577. The maximum absolute atomic E-state index is 5.99. The van der Waals surface area contributed by atoms with Gasteiger partial charge in [0.1, 0.15) is 0 Å². The molecule has 18 heavy (non-hydrogen) atoms. The summed E-state index contributed by atoms with van der Waals surface area (Å²) in [7, 11) is 2.01. The quantitative estimate of drug-likeness (QED) is 0.898. The van der Waals surface area contributed by atoms with Gasteiger partial charge in [-0.1, -0.05) is 4.49 Å². The van der Waals surface area contributed by atoms with Crippen LogP contribution >= 0.6 is 11.5 Å². The third-order valence-electron chi connectivity index (χ3n) is 4.07. The van der Waals surface area contributed by atoms with Crippen LogP contribution in [0.1, 0.15) is 30.2 Å². The lowest BCUT2D eigenvalue weighted by Crippen LogP contribution is -2.43. The molecule has 2 fully saturated rings. The predicted molar refractivity (Wildman–Crippen MR) is 68.6 cm³/mol. The lowest BCUT2D eigenvalue weighted by Gasteiger charge is -2.39. The fourth-order valence-electron chi connectivity index (χ4n) is 3.14. The average Bonchev–Trinajstić information content (AvgIpc) is 3.03. The van der Waals surface area contributed by atoms with Crippen molar-refractivity contribution in [3.63, 3.8) is 0 Å². The topological polar surface area (TPSA) is 56.3 Å². The summed E-state index contributed by atoms with van der Waals surface area (Å²) in [6.07, 6.45) is 5.06. The van der Waals surface area contributed by atoms with E-state index < -0.39 is 0 Å². The molecular formula is C12H19N3O2S. The van der Waals surface area contributed by atoms with Crippen LogP contribution in [0.5, 0.6) is 0 Å². The Labute approximate surface area is 111 Å². The molecule has 3 unspecified atom stereocenters. The van der Waals surface area contributed by atoms with Gasteiger partial charge >= 0.3 is 0 Å². The van der Waals surface area contributed by atoms with E-state index in [1.807, 2.05) is 13.2 Å². The molecule has 0 aromatic carbocycles. The molecule has 0 amide bonds. The highest BCUT2D eigenvalue weighted by Crippen LogP contribution is 2.41. The maximum Gasteiger partial charge on any atom is 0.0940 e. The van der Waals surface area contributed by atoms with Crippen LogP contribution in [-0.4, -0.2) is 42.1 Å². The fraction of sp³-hybridized carbons (Fsp3) is 0.833. The SMILES string of the molecule is CNC(c1cnns1)C1CCOC2(CCOC2)C1. The van der Waals surface area contributed by atoms with Crippen molar-refractivity contribution in [1.82, 2.24) is 14.9 Å². The summed E-state index contributed by atoms with van der Waals surface area (Å²) in [6, 6.07) is 0.339. The molecule has 1 N–H and O–H groups in total. The number of ether oxygens (including phenoxy) is 2. The van der Waals surface area contributed by atoms with Crippen molar-refractivity contribution in [2.75, 3.05) is 26.9 Å². The third-order valence-corrected chi connectivity index (χ3v) is 4.81. The van der Waals surface area contributed by atoms with E-state index in [-0.39, 0.29) is 5.60 Å². The summed E-state index contributed by atoms with van der Waals surface area (Å²) < 4.78 is 15.5. The molecule has 3 atom stereocenters. The van der Waals surface area contributed by atoms with E-state index in [9.17, 15) is 0 Å². The van der Waals surface area contributed by atoms with E-state index in [1.165, 1.54) is 16.4 Å². The fourth-order valence-corrected chi connectivity index (χ4v) is 3.84. The van der Waals surface area contributed by atoms with Crippen LogP contribution < -0.4 is 5.32 Å². The zero-order chi connectivity index (χ0) is 12.4. The summed E-state index contributed by atoms with van der Waals surface area (Å²) in [5, 5.41) is 7.36. The highest BCUT2D eigenvalue weighted by molar-refractivity contribution is 7.05. The Bertz CT molecular complexity index is 379. The van der Waals surface area contributed by atoms with Crippen LogP contribution in [0.2, 0.25) is 0 Å². The van der Waals surface area contributed by atoms with E-state index in [4.69, 9.17) is 9.47 Å². The van der Waals surface area contributed by atoms with Gasteiger partial charge in [-0.15, -0.1) is 5.10 Å². The van der Waals surface area contributed by atoms with Gasteiger partial charge in [0.2, 0.25) is 0 Å². The van der Waals surface area contributed by atoms with Crippen LogP contribution in [0.4, 0.5) is 0 Å². The maximum atomic E-state index is 5.99. The Balaban J connectivity index is 1.74. The number of nitrogens with one attached hydrogen (secondary N) is 1. The van der Waals surface area contributed by atoms with Crippen molar-refractivity contribution in [2.24, 2.45) is 5.92 Å². The van der Waals surface area contributed by atoms with Gasteiger partial charge in [-0.2, -0.15) is 0 Å². The first-order chi connectivity index (χ1) is 8.83. The van der Waals surface area contributed by atoms with Crippen molar-refractivity contribution in [3.8, 4) is 0 Å². The van der Waals surface area contributed by atoms with E-state index in [1.54, 1.807) is 0 Å². The monoisotopic (exact) mass is 269 g/mol. The second kappa shape index (κ2) is 5.21. The lowest BCUT2D eigenvalue weighted by molar-refractivity contribution is -0.103. The minimum Gasteiger partial charge on any atom is -0.378 e. The Morgan fingerprint density at radius 3 is 3.17 bits per heavy atom. The molecule has 100 valence electrons. The van der Waals surface area contributed by atoms with Crippen LogP contribution in [0.15, 0.2) is 6.20 Å². The normalized spacial score (nSPS) is 33.9. The van der Waals surface area contributed by atoms with Gasteiger partial charge in [-0.05, 0) is 37.3 Å². The first kappa shape index (κ1) is 12.5. The molecule has 0 bridgehead atoms. The largest absolute Gasteiger partial charge is 0.378 e. The highest BCUT2D eigenvalue weighted by Gasteiger charge is 2.43. The van der Waals surface area contributed by atoms with Gasteiger partial charge in [0.25, 0.3) is 0 Å². The summed E-state index contributed by atoms with van der Waals surface area (Å²) in [4.78, 5) is 1.22. The molecule has 2 saturated heterocycles.